The van der Waals surface area contributed by atoms with Crippen molar-refractivity contribution in [3.05, 3.63) is 0 Å². The molecule has 0 fully saturated rings. The van der Waals surface area contributed by atoms with Gasteiger partial charge in [0, 0.05) is 20.3 Å². The Hall–Kier alpha value is -0.610. The molecule has 15 heavy (non-hydrogen) atoms. The van der Waals surface area contributed by atoms with E-state index in [0.29, 0.717) is 5.92 Å². The summed E-state index contributed by atoms with van der Waals surface area (Å²) in [6.45, 7) is 6.79. The molecule has 0 spiro atoms. The largest absolute Gasteiger partial charge is 0.480 e. The summed E-state index contributed by atoms with van der Waals surface area (Å²) in [5, 5.41) is 8.73. The van der Waals surface area contributed by atoms with Crippen LogP contribution in [0.3, 0.4) is 0 Å². The summed E-state index contributed by atoms with van der Waals surface area (Å²) in [5.41, 5.74) is 0. The molecular weight excluding hydrogens is 194 g/mol. The Morgan fingerprint density at radius 3 is 2.53 bits per heavy atom. The summed E-state index contributed by atoms with van der Waals surface area (Å²) in [6.07, 6.45) is 1.98. The highest BCUT2D eigenvalue weighted by atomic mass is 16.5. The van der Waals surface area contributed by atoms with E-state index in [1.165, 1.54) is 0 Å². The number of carboxylic acids is 1. The second kappa shape index (κ2) is 8.68. The first-order valence-electron chi connectivity index (χ1n) is 5.49. The van der Waals surface area contributed by atoms with Gasteiger partial charge in [-0.1, -0.05) is 13.8 Å². The SMILES string of the molecule is COCCCCN(CC(=O)O)CC(C)C. The number of ether oxygens (including phenoxy) is 1. The lowest BCUT2D eigenvalue weighted by Crippen LogP contribution is -2.33. The highest BCUT2D eigenvalue weighted by molar-refractivity contribution is 5.69. The fourth-order valence-corrected chi connectivity index (χ4v) is 1.52. The number of methoxy groups -OCH3 is 1. The molecule has 0 atom stereocenters. The quantitative estimate of drug-likeness (QED) is 0.594. The lowest BCUT2D eigenvalue weighted by Gasteiger charge is -2.22. The van der Waals surface area contributed by atoms with Gasteiger partial charge < -0.3 is 9.84 Å². The van der Waals surface area contributed by atoms with Crippen LogP contribution in [0.1, 0.15) is 26.7 Å². The molecule has 0 bridgehead atoms. The maximum Gasteiger partial charge on any atom is 0.317 e. The van der Waals surface area contributed by atoms with E-state index >= 15 is 0 Å². The van der Waals surface area contributed by atoms with E-state index in [4.69, 9.17) is 9.84 Å². The predicted octanol–water partition coefficient (Wildman–Crippen LogP) is 1.46. The molecule has 0 aliphatic carbocycles. The first-order valence-corrected chi connectivity index (χ1v) is 5.49. The summed E-state index contributed by atoms with van der Waals surface area (Å²) in [6, 6.07) is 0. The van der Waals surface area contributed by atoms with E-state index in [0.717, 1.165) is 32.5 Å². The first kappa shape index (κ1) is 14.4. The summed E-state index contributed by atoms with van der Waals surface area (Å²) in [4.78, 5) is 12.6. The van der Waals surface area contributed by atoms with Crippen LogP contribution in [0.5, 0.6) is 0 Å². The molecule has 0 aliphatic heterocycles. The molecule has 4 heteroatoms. The van der Waals surface area contributed by atoms with Gasteiger partial charge in [-0.25, -0.2) is 0 Å². The fraction of sp³-hybridized carbons (Fsp3) is 0.909. The third-order valence-electron chi connectivity index (χ3n) is 2.06. The maximum atomic E-state index is 10.6. The topological polar surface area (TPSA) is 49.8 Å². The number of hydrogen-bond donors (Lipinski definition) is 1. The fourth-order valence-electron chi connectivity index (χ4n) is 1.52. The molecule has 1 N–H and O–H groups in total. The van der Waals surface area contributed by atoms with Gasteiger partial charge in [-0.2, -0.15) is 0 Å². The van der Waals surface area contributed by atoms with Crippen LogP contribution in [0.15, 0.2) is 0 Å². The Morgan fingerprint density at radius 1 is 1.40 bits per heavy atom. The third kappa shape index (κ3) is 9.69. The molecule has 0 heterocycles. The van der Waals surface area contributed by atoms with E-state index in [-0.39, 0.29) is 6.54 Å². The summed E-state index contributed by atoms with van der Waals surface area (Å²) in [7, 11) is 1.68. The van der Waals surface area contributed by atoms with Gasteiger partial charge in [0.25, 0.3) is 0 Å². The molecular formula is C11H23NO3. The smallest absolute Gasteiger partial charge is 0.317 e. The van der Waals surface area contributed by atoms with Crippen molar-refractivity contribution in [2.75, 3.05) is 33.4 Å². The molecule has 4 nitrogen and oxygen atoms in total. The molecule has 0 amide bonds. The minimum atomic E-state index is -0.748. The van der Waals surface area contributed by atoms with Crippen LogP contribution >= 0.6 is 0 Å². The second-order valence-electron chi connectivity index (χ2n) is 4.22. The van der Waals surface area contributed by atoms with E-state index < -0.39 is 5.97 Å². The molecule has 0 aliphatic rings. The zero-order valence-corrected chi connectivity index (χ0v) is 10.0. The van der Waals surface area contributed by atoms with Gasteiger partial charge in [-0.05, 0) is 25.3 Å². The van der Waals surface area contributed by atoms with E-state index in [2.05, 4.69) is 13.8 Å². The van der Waals surface area contributed by atoms with Gasteiger partial charge in [0.2, 0.25) is 0 Å². The number of carbonyl (C=O) groups is 1. The van der Waals surface area contributed by atoms with E-state index in [9.17, 15) is 4.79 Å². The lowest BCUT2D eigenvalue weighted by atomic mass is 10.2. The highest BCUT2D eigenvalue weighted by Gasteiger charge is 2.10. The Kier molecular flexibility index (Phi) is 8.33. The van der Waals surface area contributed by atoms with Gasteiger partial charge in [-0.15, -0.1) is 0 Å². The van der Waals surface area contributed by atoms with Gasteiger partial charge >= 0.3 is 5.97 Å². The average molecular weight is 217 g/mol. The van der Waals surface area contributed by atoms with Crippen molar-refractivity contribution in [2.45, 2.75) is 26.7 Å². The van der Waals surface area contributed by atoms with Crippen LogP contribution in [-0.4, -0.2) is 49.3 Å². The molecule has 90 valence electrons. The molecule has 0 saturated carbocycles. The zero-order valence-electron chi connectivity index (χ0n) is 10.0. The molecule has 0 aromatic carbocycles. The minimum absolute atomic E-state index is 0.144. The van der Waals surface area contributed by atoms with Crippen molar-refractivity contribution >= 4 is 5.97 Å². The predicted molar refractivity (Wildman–Crippen MR) is 60.0 cm³/mol. The van der Waals surface area contributed by atoms with Gasteiger partial charge in [-0.3, -0.25) is 9.69 Å². The number of rotatable bonds is 9. The molecule has 0 unspecified atom stereocenters. The highest BCUT2D eigenvalue weighted by Crippen LogP contribution is 2.01. The molecule has 0 saturated heterocycles. The van der Waals surface area contributed by atoms with Crippen molar-refractivity contribution in [1.82, 2.24) is 4.90 Å². The van der Waals surface area contributed by atoms with Crippen molar-refractivity contribution < 1.29 is 14.6 Å². The monoisotopic (exact) mass is 217 g/mol. The average Bonchev–Trinajstić information content (AvgIpc) is 2.10. The Labute approximate surface area is 92.2 Å². The first-order chi connectivity index (χ1) is 7.06. The standard InChI is InChI=1S/C11H23NO3/c1-10(2)8-12(9-11(13)14)6-4-5-7-15-3/h10H,4-9H2,1-3H3,(H,13,14). The van der Waals surface area contributed by atoms with Gasteiger partial charge in [0.1, 0.15) is 0 Å². The van der Waals surface area contributed by atoms with Crippen LogP contribution in [0.2, 0.25) is 0 Å². The van der Waals surface area contributed by atoms with Crippen LogP contribution in [0.4, 0.5) is 0 Å². The van der Waals surface area contributed by atoms with E-state index in [1.54, 1.807) is 7.11 Å². The van der Waals surface area contributed by atoms with E-state index in [1.807, 2.05) is 4.90 Å². The second-order valence-corrected chi connectivity index (χ2v) is 4.22. The summed E-state index contributed by atoms with van der Waals surface area (Å²) < 4.78 is 4.95. The molecule has 0 rings (SSSR count). The Bertz CT molecular complexity index is 171. The number of aliphatic carboxylic acids is 1. The number of carboxylic acid groups (broad SMARTS) is 1. The molecule has 0 radical (unpaired) electrons. The van der Waals surface area contributed by atoms with Crippen molar-refractivity contribution in [3.63, 3.8) is 0 Å². The third-order valence-corrected chi connectivity index (χ3v) is 2.06. The number of hydrogen-bond acceptors (Lipinski definition) is 3. The van der Waals surface area contributed by atoms with Crippen molar-refractivity contribution in [1.29, 1.82) is 0 Å². The zero-order chi connectivity index (χ0) is 11.7. The van der Waals surface area contributed by atoms with Gasteiger partial charge in [0.05, 0.1) is 6.54 Å². The number of unbranched alkanes of at least 4 members (excludes halogenated alkanes) is 1. The maximum absolute atomic E-state index is 10.6. The van der Waals surface area contributed by atoms with Crippen molar-refractivity contribution in [2.24, 2.45) is 5.92 Å². The van der Waals surface area contributed by atoms with Crippen LogP contribution in [-0.2, 0) is 9.53 Å². The van der Waals surface area contributed by atoms with Crippen LogP contribution < -0.4 is 0 Å². The normalized spacial score (nSPS) is 11.3. The minimum Gasteiger partial charge on any atom is -0.480 e. The summed E-state index contributed by atoms with van der Waals surface area (Å²) >= 11 is 0. The lowest BCUT2D eigenvalue weighted by molar-refractivity contribution is -0.138. The Morgan fingerprint density at radius 2 is 2.07 bits per heavy atom. The number of nitrogens with zero attached hydrogens (tertiary/aromatic N) is 1. The van der Waals surface area contributed by atoms with Crippen molar-refractivity contribution in [3.8, 4) is 0 Å². The van der Waals surface area contributed by atoms with Crippen LogP contribution in [0, 0.1) is 5.92 Å². The summed E-state index contributed by atoms with van der Waals surface area (Å²) in [5.74, 6) is -0.242. The van der Waals surface area contributed by atoms with Gasteiger partial charge in [0.15, 0.2) is 0 Å². The van der Waals surface area contributed by atoms with Crippen LogP contribution in [0.25, 0.3) is 0 Å². The Balaban J connectivity index is 3.74. The molecule has 0 aromatic rings. The molecule has 0 aromatic heterocycles.